The molecule has 0 saturated carbocycles. The fraction of sp³-hybridized carbons (Fsp3) is 0.923. The molecule has 17 heavy (non-hydrogen) atoms. The Kier molecular flexibility index (Phi) is 4.95. The molecule has 0 aromatic rings. The maximum Gasteiger partial charge on any atom is 0.312 e. The molecule has 4 heteroatoms. The Labute approximate surface area is 103 Å². The number of carbonyl (C=O) groups is 1. The lowest BCUT2D eigenvalue weighted by molar-refractivity contribution is -0.176. The average Bonchev–Trinajstić information content (AvgIpc) is 2.15. The summed E-state index contributed by atoms with van der Waals surface area (Å²) in [6.45, 7) is 8.45. The highest BCUT2D eigenvalue weighted by molar-refractivity contribution is 5.74. The summed E-state index contributed by atoms with van der Waals surface area (Å²) in [5, 5.41) is 10.7. The Morgan fingerprint density at radius 1 is 1.59 bits per heavy atom. The molecule has 0 bridgehead atoms. The van der Waals surface area contributed by atoms with Crippen molar-refractivity contribution >= 4 is 5.97 Å². The lowest BCUT2D eigenvalue weighted by Gasteiger charge is -2.41. The topological polar surface area (TPSA) is 55.8 Å². The second-order valence-electron chi connectivity index (χ2n) is 5.21. The molecule has 0 aromatic heterocycles. The normalized spacial score (nSPS) is 31.3. The average molecular weight is 244 g/mol. The molecule has 1 rings (SSSR count). The first-order valence-corrected chi connectivity index (χ1v) is 6.41. The van der Waals surface area contributed by atoms with Crippen molar-refractivity contribution in [3.8, 4) is 0 Å². The van der Waals surface area contributed by atoms with E-state index in [-0.39, 0.29) is 18.0 Å². The van der Waals surface area contributed by atoms with Crippen molar-refractivity contribution in [2.24, 2.45) is 11.8 Å². The van der Waals surface area contributed by atoms with E-state index >= 15 is 0 Å². The van der Waals surface area contributed by atoms with Crippen LogP contribution in [0.4, 0.5) is 0 Å². The molecule has 1 saturated heterocycles. The van der Waals surface area contributed by atoms with Crippen LogP contribution < -0.4 is 0 Å². The third kappa shape index (κ3) is 3.42. The first-order valence-electron chi connectivity index (χ1n) is 6.41. The molecule has 0 aliphatic carbocycles. The minimum atomic E-state index is -0.988. The Balaban J connectivity index is 2.84. The molecule has 0 spiro atoms. The number of hydrogen-bond acceptors (Lipinski definition) is 4. The maximum absolute atomic E-state index is 12.0. The molecule has 1 fully saturated rings. The monoisotopic (exact) mass is 244 g/mol. The third-order valence-electron chi connectivity index (χ3n) is 3.36. The van der Waals surface area contributed by atoms with Crippen LogP contribution in [-0.4, -0.2) is 36.0 Å². The first-order chi connectivity index (χ1) is 7.90. The quantitative estimate of drug-likeness (QED) is 0.765. The minimum Gasteiger partial charge on any atom is -0.466 e. The summed E-state index contributed by atoms with van der Waals surface area (Å²) in [4.78, 5) is 12.0. The third-order valence-corrected chi connectivity index (χ3v) is 3.36. The molecular formula is C13H24O4. The summed E-state index contributed by atoms with van der Waals surface area (Å²) in [5.74, 6) is -0.697. The minimum absolute atomic E-state index is 0.00979. The van der Waals surface area contributed by atoms with Gasteiger partial charge in [-0.05, 0) is 19.8 Å². The molecule has 3 atom stereocenters. The zero-order valence-electron chi connectivity index (χ0n) is 11.2. The molecule has 100 valence electrons. The second kappa shape index (κ2) is 5.83. The van der Waals surface area contributed by atoms with Gasteiger partial charge in [-0.1, -0.05) is 13.8 Å². The van der Waals surface area contributed by atoms with Gasteiger partial charge in [-0.25, -0.2) is 0 Å². The van der Waals surface area contributed by atoms with Gasteiger partial charge < -0.3 is 14.6 Å². The van der Waals surface area contributed by atoms with Crippen molar-refractivity contribution in [1.29, 1.82) is 0 Å². The lowest BCUT2D eigenvalue weighted by Crippen LogP contribution is -2.51. The summed E-state index contributed by atoms with van der Waals surface area (Å²) < 4.78 is 10.5. The van der Waals surface area contributed by atoms with E-state index in [2.05, 4.69) is 0 Å². The van der Waals surface area contributed by atoms with Gasteiger partial charge in [0, 0.05) is 19.4 Å². The van der Waals surface area contributed by atoms with E-state index < -0.39 is 11.5 Å². The van der Waals surface area contributed by atoms with E-state index in [9.17, 15) is 9.90 Å². The van der Waals surface area contributed by atoms with Crippen LogP contribution in [0.15, 0.2) is 0 Å². The zero-order valence-corrected chi connectivity index (χ0v) is 11.2. The first kappa shape index (κ1) is 14.5. The van der Waals surface area contributed by atoms with E-state index in [0.29, 0.717) is 26.1 Å². The van der Waals surface area contributed by atoms with E-state index in [1.54, 1.807) is 6.92 Å². The van der Waals surface area contributed by atoms with Crippen LogP contribution in [0.3, 0.4) is 0 Å². The summed E-state index contributed by atoms with van der Waals surface area (Å²) in [6.07, 6.45) is 0.984. The summed E-state index contributed by atoms with van der Waals surface area (Å²) in [7, 11) is 0. The van der Waals surface area contributed by atoms with Crippen molar-refractivity contribution in [2.75, 3.05) is 13.2 Å². The predicted molar refractivity (Wildman–Crippen MR) is 64.6 cm³/mol. The predicted octanol–water partition coefficient (Wildman–Crippen LogP) is 1.75. The summed E-state index contributed by atoms with van der Waals surface area (Å²) >= 11 is 0. The van der Waals surface area contributed by atoms with Gasteiger partial charge in [0.2, 0.25) is 0 Å². The molecule has 1 N–H and O–H groups in total. The molecule has 0 radical (unpaired) electrons. The number of rotatable bonds is 4. The highest BCUT2D eigenvalue weighted by Crippen LogP contribution is 2.36. The SMILES string of the molecule is CCOC(=O)C(C(C)C)C1(O)CCOC(C)C1. The van der Waals surface area contributed by atoms with Crippen LogP contribution in [-0.2, 0) is 14.3 Å². The van der Waals surface area contributed by atoms with E-state index in [0.717, 1.165) is 0 Å². The van der Waals surface area contributed by atoms with E-state index in [1.807, 2.05) is 20.8 Å². The van der Waals surface area contributed by atoms with Gasteiger partial charge in [0.1, 0.15) is 0 Å². The van der Waals surface area contributed by atoms with E-state index in [4.69, 9.17) is 9.47 Å². The fourth-order valence-corrected chi connectivity index (χ4v) is 2.72. The Morgan fingerprint density at radius 3 is 2.71 bits per heavy atom. The molecule has 1 heterocycles. The molecule has 0 aromatic carbocycles. The van der Waals surface area contributed by atoms with Crippen molar-refractivity contribution < 1.29 is 19.4 Å². The highest BCUT2D eigenvalue weighted by atomic mass is 16.5. The number of aliphatic hydroxyl groups is 1. The number of ether oxygens (including phenoxy) is 2. The molecule has 3 unspecified atom stereocenters. The largest absolute Gasteiger partial charge is 0.466 e. The smallest absolute Gasteiger partial charge is 0.312 e. The van der Waals surface area contributed by atoms with Gasteiger partial charge in [-0.15, -0.1) is 0 Å². The van der Waals surface area contributed by atoms with Crippen molar-refractivity contribution in [3.63, 3.8) is 0 Å². The van der Waals surface area contributed by atoms with Gasteiger partial charge in [0.15, 0.2) is 0 Å². The highest BCUT2D eigenvalue weighted by Gasteiger charge is 2.46. The van der Waals surface area contributed by atoms with E-state index in [1.165, 1.54) is 0 Å². The van der Waals surface area contributed by atoms with Crippen LogP contribution in [0, 0.1) is 11.8 Å². The van der Waals surface area contributed by atoms with Crippen LogP contribution in [0.5, 0.6) is 0 Å². The molecule has 4 nitrogen and oxygen atoms in total. The van der Waals surface area contributed by atoms with Crippen LogP contribution in [0.25, 0.3) is 0 Å². The molecule has 1 aliphatic rings. The summed E-state index contributed by atoms with van der Waals surface area (Å²) in [6, 6.07) is 0. The Morgan fingerprint density at radius 2 is 2.24 bits per heavy atom. The van der Waals surface area contributed by atoms with Gasteiger partial charge in [-0.2, -0.15) is 0 Å². The van der Waals surface area contributed by atoms with Gasteiger partial charge in [0.05, 0.1) is 24.2 Å². The Hall–Kier alpha value is -0.610. The summed E-state index contributed by atoms with van der Waals surface area (Å²) in [5.41, 5.74) is -0.988. The number of hydrogen-bond donors (Lipinski definition) is 1. The second-order valence-corrected chi connectivity index (χ2v) is 5.21. The van der Waals surface area contributed by atoms with Crippen LogP contribution >= 0.6 is 0 Å². The standard InChI is InChI=1S/C13H24O4/c1-5-16-12(14)11(9(2)3)13(15)6-7-17-10(4)8-13/h9-11,15H,5-8H2,1-4H3. The Bertz CT molecular complexity index is 264. The van der Waals surface area contributed by atoms with Crippen molar-refractivity contribution in [2.45, 2.75) is 52.2 Å². The zero-order chi connectivity index (χ0) is 13.1. The van der Waals surface area contributed by atoms with Gasteiger partial charge >= 0.3 is 5.97 Å². The molecule has 1 aliphatic heterocycles. The fourth-order valence-electron chi connectivity index (χ4n) is 2.72. The van der Waals surface area contributed by atoms with Crippen molar-refractivity contribution in [1.82, 2.24) is 0 Å². The van der Waals surface area contributed by atoms with Gasteiger partial charge in [0.25, 0.3) is 0 Å². The molecule has 0 amide bonds. The van der Waals surface area contributed by atoms with Crippen LogP contribution in [0.2, 0.25) is 0 Å². The number of carbonyl (C=O) groups excluding carboxylic acids is 1. The number of esters is 1. The maximum atomic E-state index is 12.0. The van der Waals surface area contributed by atoms with Crippen LogP contribution in [0.1, 0.15) is 40.5 Å². The van der Waals surface area contributed by atoms with Gasteiger partial charge in [-0.3, -0.25) is 4.79 Å². The lowest BCUT2D eigenvalue weighted by atomic mass is 9.73. The van der Waals surface area contributed by atoms with Crippen molar-refractivity contribution in [3.05, 3.63) is 0 Å². The molecular weight excluding hydrogens is 220 g/mol.